The Morgan fingerprint density at radius 2 is 1.92 bits per heavy atom. The fourth-order valence-corrected chi connectivity index (χ4v) is 4.38. The minimum Gasteiger partial charge on any atom is -0.379 e. The maximum Gasteiger partial charge on any atom is 0.0593 e. The lowest BCUT2D eigenvalue weighted by Gasteiger charge is -2.43. The first-order chi connectivity index (χ1) is 12.8. The highest BCUT2D eigenvalue weighted by Gasteiger charge is 2.38. The summed E-state index contributed by atoms with van der Waals surface area (Å²) in [6.07, 6.45) is 8.19. The molecule has 2 aliphatic rings. The van der Waals surface area contributed by atoms with Gasteiger partial charge in [-0.15, -0.1) is 0 Å². The second kappa shape index (κ2) is 8.25. The molecule has 4 rings (SSSR count). The topological polar surface area (TPSA) is 41.5 Å². The molecule has 0 aliphatic carbocycles. The van der Waals surface area contributed by atoms with E-state index in [0.717, 1.165) is 58.2 Å². The van der Waals surface area contributed by atoms with Crippen molar-refractivity contribution in [1.82, 2.24) is 19.8 Å². The predicted octanol–water partition coefficient (Wildman–Crippen LogP) is 2.59. The van der Waals surface area contributed by atoms with Gasteiger partial charge in [-0.3, -0.25) is 19.8 Å². The molecule has 1 spiro atoms. The number of hydrogen-bond acceptors (Lipinski definition) is 5. The molecular weight excluding hydrogens is 324 g/mol. The Morgan fingerprint density at radius 3 is 2.73 bits per heavy atom. The molecule has 0 amide bonds. The van der Waals surface area contributed by atoms with Crippen LogP contribution in [0.4, 0.5) is 0 Å². The van der Waals surface area contributed by atoms with Gasteiger partial charge in [0, 0.05) is 56.7 Å². The van der Waals surface area contributed by atoms with Crippen LogP contribution in [0, 0.1) is 5.41 Å². The van der Waals surface area contributed by atoms with Crippen LogP contribution in [0.5, 0.6) is 0 Å². The van der Waals surface area contributed by atoms with Gasteiger partial charge in [-0.05, 0) is 43.1 Å². The minimum absolute atomic E-state index is 0.228. The Bertz CT molecular complexity index is 681. The summed E-state index contributed by atoms with van der Waals surface area (Å²) in [6.45, 7) is 7.92. The summed E-state index contributed by atoms with van der Waals surface area (Å²) in [4.78, 5) is 13.9. The molecule has 0 N–H and O–H groups in total. The van der Waals surface area contributed by atoms with Crippen molar-refractivity contribution in [3.05, 3.63) is 60.2 Å². The highest BCUT2D eigenvalue weighted by atomic mass is 16.5. The van der Waals surface area contributed by atoms with E-state index in [-0.39, 0.29) is 5.41 Å². The van der Waals surface area contributed by atoms with Crippen molar-refractivity contribution in [2.45, 2.75) is 25.9 Å². The van der Waals surface area contributed by atoms with Crippen molar-refractivity contribution in [3.8, 4) is 0 Å². The average molecular weight is 352 g/mol. The van der Waals surface area contributed by atoms with Gasteiger partial charge >= 0.3 is 0 Å². The second-order valence-electron chi connectivity index (χ2n) is 7.76. The van der Waals surface area contributed by atoms with Crippen LogP contribution in [0.25, 0.3) is 0 Å². The molecule has 5 nitrogen and oxygen atoms in total. The highest BCUT2D eigenvalue weighted by Crippen LogP contribution is 2.34. The fraction of sp³-hybridized carbons (Fsp3) is 0.524. The van der Waals surface area contributed by atoms with Crippen LogP contribution in [-0.2, 0) is 17.8 Å². The molecule has 1 atom stereocenters. The Labute approximate surface area is 156 Å². The molecule has 5 heteroatoms. The fourth-order valence-electron chi connectivity index (χ4n) is 4.38. The molecule has 0 aromatic carbocycles. The summed E-state index contributed by atoms with van der Waals surface area (Å²) in [7, 11) is 0. The quantitative estimate of drug-likeness (QED) is 0.846. The van der Waals surface area contributed by atoms with Gasteiger partial charge in [0.15, 0.2) is 0 Å². The van der Waals surface area contributed by atoms with Gasteiger partial charge in [-0.2, -0.15) is 0 Å². The first kappa shape index (κ1) is 17.6. The molecule has 2 aromatic rings. The largest absolute Gasteiger partial charge is 0.379 e. The number of aromatic nitrogens is 2. The molecular formula is C21H28N4O. The average Bonchev–Trinajstić information content (AvgIpc) is 2.85. The van der Waals surface area contributed by atoms with E-state index in [4.69, 9.17) is 4.74 Å². The molecule has 26 heavy (non-hydrogen) atoms. The number of piperidine rings is 1. The first-order valence-electron chi connectivity index (χ1n) is 9.63. The van der Waals surface area contributed by atoms with Gasteiger partial charge in [0.05, 0.1) is 18.9 Å². The van der Waals surface area contributed by atoms with Gasteiger partial charge < -0.3 is 4.74 Å². The number of nitrogens with zero attached hydrogens (tertiary/aromatic N) is 4. The van der Waals surface area contributed by atoms with Crippen LogP contribution in [-0.4, -0.2) is 59.2 Å². The van der Waals surface area contributed by atoms with Crippen molar-refractivity contribution in [1.29, 1.82) is 0 Å². The van der Waals surface area contributed by atoms with Crippen LogP contribution < -0.4 is 0 Å². The standard InChI is InChI=1S/C21H28N4O/c1-2-9-23-20(6-1)15-25-11-12-26-18-21(17-25)7-4-10-24(16-21)14-19-5-3-8-22-13-19/h1-3,5-6,8-9,13H,4,7,10-12,14-18H2. The number of pyridine rings is 2. The monoisotopic (exact) mass is 352 g/mol. The highest BCUT2D eigenvalue weighted by molar-refractivity contribution is 5.09. The number of likely N-dealkylation sites (tertiary alicyclic amines) is 1. The van der Waals surface area contributed by atoms with Crippen molar-refractivity contribution >= 4 is 0 Å². The van der Waals surface area contributed by atoms with Crippen molar-refractivity contribution < 1.29 is 4.74 Å². The first-order valence-corrected chi connectivity index (χ1v) is 9.63. The lowest BCUT2D eigenvalue weighted by atomic mass is 9.80. The van der Waals surface area contributed by atoms with Crippen LogP contribution in [0.3, 0.4) is 0 Å². The molecule has 1 unspecified atom stereocenters. The lowest BCUT2D eigenvalue weighted by molar-refractivity contribution is 0.00239. The summed E-state index contributed by atoms with van der Waals surface area (Å²) < 4.78 is 6.05. The lowest BCUT2D eigenvalue weighted by Crippen LogP contribution is -2.50. The molecule has 2 aromatic heterocycles. The van der Waals surface area contributed by atoms with Gasteiger partial charge in [0.1, 0.15) is 0 Å². The van der Waals surface area contributed by atoms with E-state index in [0.29, 0.717) is 0 Å². The van der Waals surface area contributed by atoms with Crippen LogP contribution in [0.15, 0.2) is 48.9 Å². The predicted molar refractivity (Wildman–Crippen MR) is 102 cm³/mol. The van der Waals surface area contributed by atoms with E-state index >= 15 is 0 Å². The number of hydrogen-bond donors (Lipinski definition) is 0. The van der Waals surface area contributed by atoms with E-state index in [2.05, 4.69) is 38.0 Å². The number of ether oxygens (including phenoxy) is 1. The smallest absolute Gasteiger partial charge is 0.0593 e. The van der Waals surface area contributed by atoms with Gasteiger partial charge in [-0.25, -0.2) is 0 Å². The van der Waals surface area contributed by atoms with E-state index in [1.54, 1.807) is 0 Å². The Hall–Kier alpha value is -1.82. The molecule has 0 saturated carbocycles. The number of rotatable bonds is 4. The Morgan fingerprint density at radius 1 is 1.00 bits per heavy atom. The maximum atomic E-state index is 6.05. The molecule has 0 radical (unpaired) electrons. The van der Waals surface area contributed by atoms with E-state index in [9.17, 15) is 0 Å². The van der Waals surface area contributed by atoms with Crippen LogP contribution in [0.2, 0.25) is 0 Å². The Kier molecular flexibility index (Phi) is 5.58. The normalized spacial score (nSPS) is 25.2. The van der Waals surface area contributed by atoms with Crippen molar-refractivity contribution in [3.63, 3.8) is 0 Å². The second-order valence-corrected chi connectivity index (χ2v) is 7.76. The molecule has 0 bridgehead atoms. The van der Waals surface area contributed by atoms with Crippen LogP contribution >= 0.6 is 0 Å². The van der Waals surface area contributed by atoms with Gasteiger partial charge in [0.2, 0.25) is 0 Å². The summed E-state index contributed by atoms with van der Waals surface area (Å²) in [5.41, 5.74) is 2.67. The van der Waals surface area contributed by atoms with Crippen molar-refractivity contribution in [2.75, 3.05) is 39.4 Å². The molecule has 4 heterocycles. The Balaban J connectivity index is 1.43. The minimum atomic E-state index is 0.228. The molecule has 2 aliphatic heterocycles. The third kappa shape index (κ3) is 4.47. The molecule has 2 saturated heterocycles. The third-order valence-corrected chi connectivity index (χ3v) is 5.50. The summed E-state index contributed by atoms with van der Waals surface area (Å²) >= 11 is 0. The van der Waals surface area contributed by atoms with E-state index < -0.39 is 0 Å². The van der Waals surface area contributed by atoms with E-state index in [1.165, 1.54) is 18.4 Å². The maximum absolute atomic E-state index is 6.05. The van der Waals surface area contributed by atoms with Crippen molar-refractivity contribution in [2.24, 2.45) is 5.41 Å². The zero-order valence-electron chi connectivity index (χ0n) is 15.4. The summed E-state index contributed by atoms with van der Waals surface area (Å²) in [5.74, 6) is 0. The summed E-state index contributed by atoms with van der Waals surface area (Å²) in [5, 5.41) is 0. The van der Waals surface area contributed by atoms with Crippen LogP contribution in [0.1, 0.15) is 24.1 Å². The van der Waals surface area contributed by atoms with E-state index in [1.807, 2.05) is 30.7 Å². The summed E-state index contributed by atoms with van der Waals surface area (Å²) in [6, 6.07) is 10.4. The zero-order chi connectivity index (χ0) is 17.7. The molecule has 2 fully saturated rings. The van der Waals surface area contributed by atoms with Gasteiger partial charge in [0.25, 0.3) is 0 Å². The zero-order valence-corrected chi connectivity index (χ0v) is 15.4. The molecule has 138 valence electrons. The SMILES string of the molecule is c1ccc(CN2CCOCC3(CCCN(Cc4cccnc4)C3)C2)nc1. The van der Waals surface area contributed by atoms with Gasteiger partial charge in [-0.1, -0.05) is 12.1 Å². The third-order valence-electron chi connectivity index (χ3n) is 5.50.